The molecule has 2 aromatic carbocycles. The lowest BCUT2D eigenvalue weighted by Gasteiger charge is -2.09. The number of benzene rings is 2. The SMILES string of the molecule is O=c1[nH]c(=O)n(-c2ccccc2)c(O)c1C=C1N=c2ccccc2=N1. The number of nitrogens with zero attached hydrogens (tertiary/aromatic N) is 3. The molecule has 7 nitrogen and oxygen atoms in total. The van der Waals surface area contributed by atoms with E-state index >= 15 is 0 Å². The Labute approximate surface area is 140 Å². The molecule has 25 heavy (non-hydrogen) atoms. The smallest absolute Gasteiger partial charge is 0.335 e. The summed E-state index contributed by atoms with van der Waals surface area (Å²) in [5, 5.41) is 11.9. The van der Waals surface area contributed by atoms with E-state index < -0.39 is 17.1 Å². The molecule has 0 aliphatic carbocycles. The van der Waals surface area contributed by atoms with Crippen molar-refractivity contribution in [2.24, 2.45) is 9.98 Å². The van der Waals surface area contributed by atoms with Gasteiger partial charge in [-0.25, -0.2) is 19.3 Å². The number of nitrogens with one attached hydrogen (secondary N) is 1. The van der Waals surface area contributed by atoms with E-state index in [4.69, 9.17) is 0 Å². The van der Waals surface area contributed by atoms with Gasteiger partial charge >= 0.3 is 5.69 Å². The zero-order valence-corrected chi connectivity index (χ0v) is 12.9. The summed E-state index contributed by atoms with van der Waals surface area (Å²) in [6.45, 7) is 0. The highest BCUT2D eigenvalue weighted by atomic mass is 16.3. The highest BCUT2D eigenvalue weighted by Gasteiger charge is 2.15. The minimum absolute atomic E-state index is 0.0845. The van der Waals surface area contributed by atoms with E-state index in [1.54, 1.807) is 42.5 Å². The van der Waals surface area contributed by atoms with Crippen molar-refractivity contribution in [2.75, 3.05) is 0 Å². The van der Waals surface area contributed by atoms with E-state index in [-0.39, 0.29) is 11.4 Å². The Morgan fingerprint density at radius 1 is 0.920 bits per heavy atom. The molecular formula is C18H12N4O3. The molecule has 0 spiro atoms. The van der Waals surface area contributed by atoms with Gasteiger partial charge in [-0.15, -0.1) is 0 Å². The van der Waals surface area contributed by atoms with E-state index in [0.717, 1.165) is 4.57 Å². The molecule has 1 aliphatic rings. The predicted molar refractivity (Wildman–Crippen MR) is 91.1 cm³/mol. The van der Waals surface area contributed by atoms with Crippen molar-refractivity contribution in [1.82, 2.24) is 9.55 Å². The fourth-order valence-corrected chi connectivity index (χ4v) is 2.60. The number of aromatic nitrogens is 2. The summed E-state index contributed by atoms with van der Waals surface area (Å²) < 4.78 is 1.02. The predicted octanol–water partition coefficient (Wildman–Crippen LogP) is 0.483. The summed E-state index contributed by atoms with van der Waals surface area (Å²) in [5.41, 5.74) is -1.08. The molecule has 122 valence electrons. The van der Waals surface area contributed by atoms with E-state index in [0.29, 0.717) is 16.4 Å². The molecule has 3 aromatic rings. The molecule has 0 saturated heterocycles. The largest absolute Gasteiger partial charge is 0.494 e. The quantitative estimate of drug-likeness (QED) is 0.714. The van der Waals surface area contributed by atoms with Crippen LogP contribution in [0.2, 0.25) is 0 Å². The molecule has 4 rings (SSSR count). The summed E-state index contributed by atoms with van der Waals surface area (Å²) in [6.07, 6.45) is 1.35. The van der Waals surface area contributed by atoms with Gasteiger partial charge in [0.05, 0.1) is 16.4 Å². The third kappa shape index (κ3) is 2.57. The van der Waals surface area contributed by atoms with Crippen LogP contribution >= 0.6 is 0 Å². The third-order valence-electron chi connectivity index (χ3n) is 3.76. The molecule has 7 heteroatoms. The maximum Gasteiger partial charge on any atom is 0.335 e. The first-order valence-corrected chi connectivity index (χ1v) is 7.51. The number of rotatable bonds is 2. The van der Waals surface area contributed by atoms with Crippen molar-refractivity contribution in [1.29, 1.82) is 0 Å². The van der Waals surface area contributed by atoms with E-state index in [9.17, 15) is 14.7 Å². The van der Waals surface area contributed by atoms with Gasteiger partial charge in [0.25, 0.3) is 5.56 Å². The Kier molecular flexibility index (Phi) is 3.39. The highest BCUT2D eigenvalue weighted by molar-refractivity contribution is 5.58. The van der Waals surface area contributed by atoms with Gasteiger partial charge in [0.1, 0.15) is 5.56 Å². The molecule has 2 N–H and O–H groups in total. The Bertz CT molecular complexity index is 1200. The minimum Gasteiger partial charge on any atom is -0.494 e. The molecule has 0 bridgehead atoms. The second-order valence-corrected chi connectivity index (χ2v) is 5.38. The first kappa shape index (κ1) is 14.8. The van der Waals surface area contributed by atoms with Crippen LogP contribution in [-0.2, 0) is 0 Å². The molecule has 1 aliphatic heterocycles. The fourth-order valence-electron chi connectivity index (χ4n) is 2.60. The average Bonchev–Trinajstić information content (AvgIpc) is 3.02. The van der Waals surface area contributed by atoms with Gasteiger partial charge in [-0.1, -0.05) is 30.3 Å². The van der Waals surface area contributed by atoms with Gasteiger partial charge in [0, 0.05) is 6.08 Å². The van der Waals surface area contributed by atoms with E-state index in [1.807, 2.05) is 12.1 Å². The van der Waals surface area contributed by atoms with Gasteiger partial charge in [-0.05, 0) is 24.3 Å². The zero-order chi connectivity index (χ0) is 17.4. The fraction of sp³-hybridized carbons (Fsp3) is 0. The lowest BCUT2D eigenvalue weighted by Crippen LogP contribution is -2.30. The molecule has 0 unspecified atom stereocenters. The van der Waals surface area contributed by atoms with Crippen LogP contribution in [0.5, 0.6) is 5.88 Å². The van der Waals surface area contributed by atoms with Gasteiger partial charge in [-0.3, -0.25) is 9.78 Å². The maximum absolute atomic E-state index is 12.1. The molecule has 2 heterocycles. The van der Waals surface area contributed by atoms with Gasteiger partial charge in [0.2, 0.25) is 5.88 Å². The Morgan fingerprint density at radius 2 is 1.52 bits per heavy atom. The number of aromatic amines is 1. The first-order chi connectivity index (χ1) is 12.1. The summed E-state index contributed by atoms with van der Waals surface area (Å²) in [4.78, 5) is 35.1. The van der Waals surface area contributed by atoms with Gasteiger partial charge < -0.3 is 5.11 Å². The third-order valence-corrected chi connectivity index (χ3v) is 3.76. The summed E-state index contributed by atoms with van der Waals surface area (Å²) in [6, 6.07) is 15.8. The number of fused-ring (bicyclic) bond motifs is 1. The van der Waals surface area contributed by atoms with Crippen molar-refractivity contribution in [3.8, 4) is 11.6 Å². The second-order valence-electron chi connectivity index (χ2n) is 5.38. The standard InChI is InChI=1S/C18H12N4O3/c23-16-12(10-15-19-13-8-4-5-9-14(13)20-15)17(24)22(18(25)21-16)11-6-2-1-3-7-11/h1-10,24H,(H,21,23,25). The Balaban J connectivity index is 1.93. The number of hydrogen-bond acceptors (Lipinski definition) is 5. The second kappa shape index (κ2) is 5.72. The molecular weight excluding hydrogens is 320 g/mol. The molecule has 0 atom stereocenters. The number of H-pyrrole nitrogens is 1. The monoisotopic (exact) mass is 332 g/mol. The average molecular weight is 332 g/mol. The number of aromatic hydroxyl groups is 1. The van der Waals surface area contributed by atoms with Crippen molar-refractivity contribution in [3.05, 3.63) is 97.5 Å². The van der Waals surface area contributed by atoms with Crippen molar-refractivity contribution >= 4 is 6.08 Å². The molecule has 0 saturated carbocycles. The summed E-state index contributed by atoms with van der Waals surface area (Å²) >= 11 is 0. The first-order valence-electron chi connectivity index (χ1n) is 7.51. The maximum atomic E-state index is 12.1. The zero-order valence-electron chi connectivity index (χ0n) is 12.9. The van der Waals surface area contributed by atoms with Crippen LogP contribution in [0.25, 0.3) is 11.8 Å². The van der Waals surface area contributed by atoms with E-state index in [1.165, 1.54) is 6.08 Å². The minimum atomic E-state index is -0.723. The van der Waals surface area contributed by atoms with Crippen molar-refractivity contribution in [3.63, 3.8) is 0 Å². The lowest BCUT2D eigenvalue weighted by atomic mass is 10.2. The summed E-state index contributed by atoms with van der Waals surface area (Å²) in [7, 11) is 0. The molecule has 0 radical (unpaired) electrons. The van der Waals surface area contributed by atoms with Crippen LogP contribution in [0.4, 0.5) is 0 Å². The lowest BCUT2D eigenvalue weighted by molar-refractivity contribution is 0.429. The topological polar surface area (TPSA) is 99.8 Å². The molecule has 0 amide bonds. The Morgan fingerprint density at radius 3 is 2.16 bits per heavy atom. The van der Waals surface area contributed by atoms with Crippen LogP contribution < -0.4 is 22.0 Å². The normalized spacial score (nSPS) is 12.2. The summed E-state index contributed by atoms with van der Waals surface area (Å²) in [5.74, 6) is -0.186. The molecule has 0 fully saturated rings. The van der Waals surface area contributed by atoms with Crippen molar-refractivity contribution < 1.29 is 5.11 Å². The number of para-hydroxylation sites is 3. The van der Waals surface area contributed by atoms with Crippen LogP contribution in [0, 0.1) is 0 Å². The van der Waals surface area contributed by atoms with Crippen molar-refractivity contribution in [2.45, 2.75) is 0 Å². The molecule has 1 aromatic heterocycles. The highest BCUT2D eigenvalue weighted by Crippen LogP contribution is 2.19. The van der Waals surface area contributed by atoms with Gasteiger partial charge in [0.15, 0.2) is 5.82 Å². The van der Waals surface area contributed by atoms with Crippen LogP contribution in [-0.4, -0.2) is 14.7 Å². The van der Waals surface area contributed by atoms with Crippen LogP contribution in [0.1, 0.15) is 5.56 Å². The van der Waals surface area contributed by atoms with Crippen LogP contribution in [0.3, 0.4) is 0 Å². The van der Waals surface area contributed by atoms with E-state index in [2.05, 4.69) is 15.0 Å². The van der Waals surface area contributed by atoms with Crippen LogP contribution in [0.15, 0.2) is 80.0 Å². The Hall–Kier alpha value is -3.74. The van der Waals surface area contributed by atoms with Gasteiger partial charge in [-0.2, -0.15) is 0 Å². The number of hydrogen-bond donors (Lipinski definition) is 2.